The van der Waals surface area contributed by atoms with Crippen molar-refractivity contribution in [2.24, 2.45) is 0 Å². The summed E-state index contributed by atoms with van der Waals surface area (Å²) in [7, 11) is 0. The van der Waals surface area contributed by atoms with E-state index in [0.29, 0.717) is 45.8 Å². The maximum atomic E-state index is 12.1. The zero-order chi connectivity index (χ0) is 29.0. The molecule has 0 aromatic heterocycles. The lowest BCUT2D eigenvalue weighted by Crippen LogP contribution is -2.45. The molecule has 0 radical (unpaired) electrons. The number of hydrogen-bond donors (Lipinski definition) is 4. The summed E-state index contributed by atoms with van der Waals surface area (Å²) in [6.45, 7) is 5.40. The van der Waals surface area contributed by atoms with Gasteiger partial charge in [0.25, 0.3) is 0 Å². The Morgan fingerprint density at radius 1 is 0.641 bits per heavy atom. The monoisotopic (exact) mass is 557 g/mol. The van der Waals surface area contributed by atoms with Crippen LogP contribution in [0.5, 0.6) is 0 Å². The third kappa shape index (κ3) is 27.2. The smallest absolute Gasteiger partial charge is 0.303 e. The van der Waals surface area contributed by atoms with Gasteiger partial charge in [-0.25, -0.2) is 0 Å². The van der Waals surface area contributed by atoms with Gasteiger partial charge in [0.05, 0.1) is 19.8 Å². The molecule has 0 heterocycles. The number of nitrogens with one attached hydrogen (secondary N) is 3. The predicted molar refractivity (Wildman–Crippen MR) is 152 cm³/mol. The van der Waals surface area contributed by atoms with E-state index in [1.807, 2.05) is 6.92 Å². The summed E-state index contributed by atoms with van der Waals surface area (Å²) in [5.74, 6) is -1.19. The number of amides is 3. The van der Waals surface area contributed by atoms with Crippen molar-refractivity contribution in [3.05, 3.63) is 0 Å². The molecule has 39 heavy (non-hydrogen) atoms. The average Bonchev–Trinajstić information content (AvgIpc) is 2.89. The molecule has 228 valence electrons. The zero-order valence-electron chi connectivity index (χ0n) is 24.5. The highest BCUT2D eigenvalue weighted by Crippen LogP contribution is 2.13. The molecule has 0 aliphatic rings. The molecule has 0 saturated carbocycles. The minimum absolute atomic E-state index is 0.00769. The Hall–Kier alpha value is -2.20. The van der Waals surface area contributed by atoms with Crippen LogP contribution in [-0.4, -0.2) is 74.4 Å². The number of unbranched alkanes of at least 4 members (excludes halogenated alkanes) is 13. The van der Waals surface area contributed by atoms with Crippen LogP contribution in [0.15, 0.2) is 0 Å². The van der Waals surface area contributed by atoms with E-state index in [9.17, 15) is 19.2 Å². The summed E-state index contributed by atoms with van der Waals surface area (Å²) in [6, 6.07) is -0.588. The van der Waals surface area contributed by atoms with Crippen molar-refractivity contribution < 1.29 is 33.8 Å². The normalized spacial score (nSPS) is 11.6. The van der Waals surface area contributed by atoms with E-state index in [1.165, 1.54) is 51.4 Å². The first kappa shape index (κ1) is 36.8. The highest BCUT2D eigenvalue weighted by Gasteiger charge is 2.14. The number of carbonyl (C=O) groups is 4. The Balaban J connectivity index is 3.45. The van der Waals surface area contributed by atoms with E-state index in [4.69, 9.17) is 14.6 Å². The minimum atomic E-state index is -0.692. The second kappa shape index (κ2) is 27.4. The van der Waals surface area contributed by atoms with Crippen LogP contribution in [0.4, 0.5) is 0 Å². The number of ether oxygens (including phenoxy) is 2. The molecule has 0 unspecified atom stereocenters. The Labute approximate surface area is 235 Å². The van der Waals surface area contributed by atoms with E-state index in [0.717, 1.165) is 38.5 Å². The minimum Gasteiger partial charge on any atom is -0.481 e. The summed E-state index contributed by atoms with van der Waals surface area (Å²) >= 11 is 0. The van der Waals surface area contributed by atoms with Gasteiger partial charge in [-0.2, -0.15) is 0 Å². The van der Waals surface area contributed by atoms with Crippen molar-refractivity contribution >= 4 is 23.7 Å². The van der Waals surface area contributed by atoms with E-state index >= 15 is 0 Å². The molecule has 4 N–H and O–H groups in total. The number of hydrogen-bond acceptors (Lipinski definition) is 6. The van der Waals surface area contributed by atoms with Crippen LogP contribution >= 0.6 is 0 Å². The van der Waals surface area contributed by atoms with Crippen molar-refractivity contribution in [1.82, 2.24) is 16.0 Å². The number of aliphatic carboxylic acids is 1. The van der Waals surface area contributed by atoms with E-state index in [1.54, 1.807) is 6.92 Å². The molecule has 0 aromatic carbocycles. The second-order valence-corrected chi connectivity index (χ2v) is 10.0. The van der Waals surface area contributed by atoms with Crippen molar-refractivity contribution in [1.29, 1.82) is 0 Å². The predicted octanol–water partition coefficient (Wildman–Crippen LogP) is 4.10. The van der Waals surface area contributed by atoms with Crippen molar-refractivity contribution in [2.45, 2.75) is 123 Å². The number of carboxylic acids is 1. The lowest BCUT2D eigenvalue weighted by molar-refractivity contribution is -0.137. The highest BCUT2D eigenvalue weighted by molar-refractivity contribution is 5.87. The van der Waals surface area contributed by atoms with Crippen LogP contribution in [0.1, 0.15) is 117 Å². The van der Waals surface area contributed by atoms with Crippen LogP contribution in [0.2, 0.25) is 0 Å². The SMILES string of the molecule is CCNC(=O)COCCOCCNC(=O)[C@H](C)NC(=O)CCCCCCCCCCCCCCCCC(=O)O. The van der Waals surface area contributed by atoms with Crippen molar-refractivity contribution in [3.8, 4) is 0 Å². The van der Waals surface area contributed by atoms with Gasteiger partial charge in [-0.05, 0) is 26.7 Å². The first-order valence-electron chi connectivity index (χ1n) is 15.1. The largest absolute Gasteiger partial charge is 0.481 e. The first-order chi connectivity index (χ1) is 18.9. The Bertz CT molecular complexity index is 646. The van der Waals surface area contributed by atoms with Crippen molar-refractivity contribution in [3.63, 3.8) is 0 Å². The maximum absolute atomic E-state index is 12.1. The summed E-state index contributed by atoms with van der Waals surface area (Å²) in [4.78, 5) is 45.9. The zero-order valence-corrected chi connectivity index (χ0v) is 24.5. The second-order valence-electron chi connectivity index (χ2n) is 10.0. The van der Waals surface area contributed by atoms with Crippen LogP contribution in [0, 0.1) is 0 Å². The molecule has 1 atom stereocenters. The van der Waals surface area contributed by atoms with E-state index < -0.39 is 12.0 Å². The van der Waals surface area contributed by atoms with Crippen LogP contribution < -0.4 is 16.0 Å². The lowest BCUT2D eigenvalue weighted by Gasteiger charge is -2.14. The molecule has 0 bridgehead atoms. The summed E-state index contributed by atoms with van der Waals surface area (Å²) < 4.78 is 10.5. The van der Waals surface area contributed by atoms with Gasteiger partial charge in [0.15, 0.2) is 0 Å². The van der Waals surface area contributed by atoms with Gasteiger partial charge in [0.2, 0.25) is 17.7 Å². The van der Waals surface area contributed by atoms with E-state index in [2.05, 4.69) is 16.0 Å². The summed E-state index contributed by atoms with van der Waals surface area (Å²) in [5.41, 5.74) is 0. The molecule has 0 aromatic rings. The van der Waals surface area contributed by atoms with Gasteiger partial charge in [-0.1, -0.05) is 77.0 Å². The third-order valence-electron chi connectivity index (χ3n) is 6.34. The van der Waals surface area contributed by atoms with Gasteiger partial charge in [0.1, 0.15) is 12.6 Å². The van der Waals surface area contributed by atoms with Gasteiger partial charge in [-0.15, -0.1) is 0 Å². The third-order valence-corrected chi connectivity index (χ3v) is 6.34. The van der Waals surface area contributed by atoms with Crippen LogP contribution in [0.25, 0.3) is 0 Å². The lowest BCUT2D eigenvalue weighted by atomic mass is 10.0. The molecule has 10 nitrogen and oxygen atoms in total. The molecule has 10 heteroatoms. The molecule has 3 amide bonds. The molecular weight excluding hydrogens is 502 g/mol. The molecule has 0 spiro atoms. The summed E-state index contributed by atoms with van der Waals surface area (Å²) in [6.07, 6.45) is 16.7. The fourth-order valence-electron chi connectivity index (χ4n) is 4.09. The average molecular weight is 558 g/mol. The Morgan fingerprint density at radius 3 is 1.64 bits per heavy atom. The molecular formula is C29H55N3O7. The fraction of sp³-hybridized carbons (Fsp3) is 0.862. The molecule has 0 saturated heterocycles. The fourth-order valence-corrected chi connectivity index (χ4v) is 4.09. The van der Waals surface area contributed by atoms with Crippen LogP contribution in [0.3, 0.4) is 0 Å². The Morgan fingerprint density at radius 2 is 1.13 bits per heavy atom. The molecule has 0 fully saturated rings. The van der Waals surface area contributed by atoms with Gasteiger partial charge in [0, 0.05) is 25.9 Å². The number of rotatable bonds is 28. The number of likely N-dealkylation sites (N-methyl/N-ethyl adjacent to an activating group) is 1. The standard InChI is InChI=1S/C29H55N3O7/c1-3-30-27(34)24-39-23-22-38-21-20-31-29(37)25(2)32-26(33)18-16-14-12-10-8-6-4-5-7-9-11-13-15-17-19-28(35)36/h25H,3-24H2,1-2H3,(H,30,34)(H,31,37)(H,32,33)(H,35,36)/t25-/m0/s1. The molecule has 0 rings (SSSR count). The molecule has 0 aliphatic heterocycles. The van der Waals surface area contributed by atoms with Gasteiger partial charge < -0.3 is 30.5 Å². The van der Waals surface area contributed by atoms with Gasteiger partial charge in [-0.3, -0.25) is 19.2 Å². The maximum Gasteiger partial charge on any atom is 0.303 e. The topological polar surface area (TPSA) is 143 Å². The van der Waals surface area contributed by atoms with Crippen molar-refractivity contribution in [2.75, 3.05) is 39.5 Å². The quantitative estimate of drug-likeness (QED) is 0.106. The first-order valence-corrected chi connectivity index (χ1v) is 15.1. The van der Waals surface area contributed by atoms with Crippen LogP contribution in [-0.2, 0) is 28.7 Å². The number of carboxylic acid groups (broad SMARTS) is 1. The highest BCUT2D eigenvalue weighted by atomic mass is 16.5. The summed E-state index contributed by atoms with van der Waals surface area (Å²) in [5, 5.41) is 16.7. The number of carbonyl (C=O) groups excluding carboxylic acids is 3. The van der Waals surface area contributed by atoms with E-state index in [-0.39, 0.29) is 24.3 Å². The molecule has 0 aliphatic carbocycles. The van der Waals surface area contributed by atoms with Gasteiger partial charge >= 0.3 is 5.97 Å². The Kier molecular flexibility index (Phi) is 25.8.